The Labute approximate surface area is 730 Å². The van der Waals surface area contributed by atoms with E-state index < -0.39 is 0 Å². The fourth-order valence-electron chi connectivity index (χ4n) is 29.8. The summed E-state index contributed by atoms with van der Waals surface area (Å²) in [4.78, 5) is 0. The molecule has 20 aromatic carbocycles. The van der Waals surface area contributed by atoms with Gasteiger partial charge in [0.15, 0.2) is 0 Å². The summed E-state index contributed by atoms with van der Waals surface area (Å²) < 4.78 is 10.5. The van der Waals surface area contributed by atoms with Gasteiger partial charge >= 0.3 is 0 Å². The van der Waals surface area contributed by atoms with Crippen LogP contribution in [0.2, 0.25) is 0 Å². The number of fused-ring (bicyclic) bond motifs is 16. The molecule has 128 heavy (non-hydrogen) atoms. The van der Waals surface area contributed by atoms with Gasteiger partial charge in [0.05, 0.1) is 66.2 Å². The van der Waals surface area contributed by atoms with Gasteiger partial charge < -0.3 is 17.6 Å². The van der Waals surface area contributed by atoms with Crippen LogP contribution in [0, 0.1) is 0 Å². The highest BCUT2D eigenvalue weighted by molar-refractivity contribution is 7.08. The monoisotopic (exact) mass is 1600 g/mol. The molecule has 0 N–H and O–H groups in total. The van der Waals surface area contributed by atoms with Crippen LogP contribution in [0.3, 0.4) is 0 Å². The molecule has 0 bridgehead atoms. The molecule has 8 heteroatoms. The highest BCUT2D eigenvalue weighted by atomic mass is 15.0. The Morgan fingerprint density at radius 1 is 0.125 bits per heavy atom. The quantitative estimate of drug-likeness (QED) is 0.156. The van der Waals surface area contributed by atoms with E-state index in [9.17, 15) is 0 Å². The van der Waals surface area contributed by atoms with Crippen LogP contribution in [-0.2, 0) is 0 Å². The summed E-state index contributed by atoms with van der Waals surface area (Å²) in [6, 6.07) is 128. The standard InChI is InChI=1S/4C30H14BN/c1-2-6-15(7-3-1)22-14-23-19-10-5-9-18-20-13-12-17-16-8-4-11-21-24(22)27-30(23)32(28(18)19)29(20)26(17)31(27)25(16)21;1-2-5-15(6-3-1)16-9-12-21-22-13-10-19-17-7-4-8-18-20-11-14-23-24(16)28(21)32-29(22)26(19)31(25(17)18)27(20)30(23)32;1-2-5-15(6-3-1)16-13-23-21-11-9-19-17-7-4-8-18-20-10-12-22-24(14-16)28(23)32-29(21)26(19)31(25(17)18)27(20)30(22)32;1-2-5-15(6-3-1)16-9-10-17-18-11-12-21-19-7-4-8-20-22-13-14-23-24(16)25(17)31-26(18)29(21)32(28(19)20)30(22)27(23)31/h4*1-14H. The smallest absolute Gasteiger partial charge is 0.249 e. The maximum absolute atomic E-state index is 2.63. The lowest BCUT2D eigenvalue weighted by atomic mass is 9.40. The Morgan fingerprint density at radius 3 is 0.836 bits per heavy atom. The van der Waals surface area contributed by atoms with Crippen molar-refractivity contribution in [2.45, 2.75) is 0 Å². The van der Waals surface area contributed by atoms with Crippen molar-refractivity contribution in [2.75, 3.05) is 0 Å². The molecule has 0 aliphatic carbocycles. The molecule has 0 fully saturated rings. The van der Waals surface area contributed by atoms with E-state index in [0.717, 1.165) is 0 Å². The molecule has 0 radical (unpaired) electrons. The first-order valence-corrected chi connectivity index (χ1v) is 45.7. The van der Waals surface area contributed by atoms with E-state index >= 15 is 0 Å². The number of hydrogen-bond donors (Lipinski definition) is 0. The first kappa shape index (κ1) is 62.9. The zero-order valence-electron chi connectivity index (χ0n) is 68.4. The summed E-state index contributed by atoms with van der Waals surface area (Å²) in [5.41, 5.74) is 69.3. The molecule has 8 aromatic heterocycles. The van der Waals surface area contributed by atoms with Crippen molar-refractivity contribution in [2.24, 2.45) is 0 Å². The third kappa shape index (κ3) is 6.40. The molecule has 0 saturated heterocycles. The summed E-state index contributed by atoms with van der Waals surface area (Å²) in [7, 11) is 0. The average Bonchev–Trinajstić information content (AvgIpc) is 1.50. The van der Waals surface area contributed by atoms with Gasteiger partial charge in [-0.1, -0.05) is 343 Å². The summed E-state index contributed by atoms with van der Waals surface area (Å²) in [5, 5.41) is 22.4. The van der Waals surface area contributed by atoms with Gasteiger partial charge in [-0.3, -0.25) is 0 Å². The number of hydrogen-bond acceptors (Lipinski definition) is 0. The van der Waals surface area contributed by atoms with E-state index in [0.29, 0.717) is 26.9 Å². The van der Waals surface area contributed by atoms with E-state index in [1.165, 1.54) is 324 Å². The molecule has 0 spiro atoms. The number of benzene rings is 20. The van der Waals surface area contributed by atoms with Crippen molar-refractivity contribution in [3.63, 3.8) is 0 Å². The second kappa shape index (κ2) is 20.4. The first-order valence-electron chi connectivity index (χ1n) is 45.7. The second-order valence-corrected chi connectivity index (χ2v) is 38.6. The van der Waals surface area contributed by atoms with Crippen molar-refractivity contribution < 1.29 is 0 Å². The van der Waals surface area contributed by atoms with Gasteiger partial charge in [0.2, 0.25) is 26.9 Å². The molecular weight excluding hydrogens is 1540 g/mol. The molecule has 20 heterocycles. The predicted octanol–water partition coefficient (Wildman–Crippen LogP) is 21.2. The van der Waals surface area contributed by atoms with Crippen molar-refractivity contribution in [1.82, 2.24) is 17.6 Å². The summed E-state index contributed by atoms with van der Waals surface area (Å²) in [5.74, 6) is 0. The van der Waals surface area contributed by atoms with Crippen LogP contribution in [0.4, 0.5) is 0 Å². The maximum atomic E-state index is 2.63. The fourth-order valence-corrected chi connectivity index (χ4v) is 29.8. The van der Waals surface area contributed by atoms with E-state index in [2.05, 4.69) is 357 Å². The van der Waals surface area contributed by atoms with Crippen LogP contribution in [0.15, 0.2) is 340 Å². The van der Waals surface area contributed by atoms with Gasteiger partial charge in [0.1, 0.15) is 0 Å². The minimum Gasteiger partial charge on any atom is -0.309 e. The van der Waals surface area contributed by atoms with Gasteiger partial charge in [0, 0.05) is 86.2 Å². The lowest BCUT2D eigenvalue weighted by Crippen LogP contribution is -2.48. The normalized spacial score (nSPS) is 14.2. The van der Waals surface area contributed by atoms with Crippen molar-refractivity contribution in [3.05, 3.63) is 340 Å². The highest BCUT2D eigenvalue weighted by Crippen LogP contribution is 2.56. The van der Waals surface area contributed by atoms with Gasteiger partial charge in [-0.25, -0.2) is 0 Å². The molecule has 4 nitrogen and oxygen atoms in total. The SMILES string of the molecule is c1ccc(-c2cc3c4ccc5c6c4n4c7c8c(ccc7c(c2)c34)-c2cccc-5c2B68)cc1.c1ccc(-c2cc3c4cccc5c6ccc7c8c6n(c3c3c2-c2cccc-7c2B83)c54)cc1.c1ccc(-c2ccc3c4c2-c2ccc5c6cccc7c8ccc-3c3c8n(c5c2B43)c76)cc1.c1ccc(-c2ccc3c4ccc5c6c4n4c7c8c(ccc7c2c34)-c2cccc-5c2B68)cc1. The highest BCUT2D eigenvalue weighted by Gasteiger charge is 2.54. The topological polar surface area (TPSA) is 17.6 Å². The third-order valence-corrected chi connectivity index (χ3v) is 33.9. The number of para-hydroxylation sites is 2. The van der Waals surface area contributed by atoms with Gasteiger partial charge in [-0.15, -0.1) is 0 Å². The third-order valence-electron chi connectivity index (χ3n) is 33.9. The van der Waals surface area contributed by atoms with Crippen LogP contribution in [0.5, 0.6) is 0 Å². The number of aromatic nitrogens is 4. The van der Waals surface area contributed by atoms with Gasteiger partial charge in [0.25, 0.3) is 0 Å². The molecule has 0 unspecified atom stereocenters. The summed E-state index contributed by atoms with van der Waals surface area (Å²) >= 11 is 0. The van der Waals surface area contributed by atoms with Crippen LogP contribution in [0.1, 0.15) is 0 Å². The van der Waals surface area contributed by atoms with Crippen LogP contribution >= 0.6 is 0 Å². The predicted molar refractivity (Wildman–Crippen MR) is 542 cm³/mol. The molecule has 0 saturated carbocycles. The largest absolute Gasteiger partial charge is 0.309 e. The number of rotatable bonds is 4. The lowest BCUT2D eigenvalue weighted by molar-refractivity contribution is 1.38. The van der Waals surface area contributed by atoms with Crippen LogP contribution in [0.25, 0.3) is 286 Å². The Morgan fingerprint density at radius 2 is 0.375 bits per heavy atom. The molecule has 12 aliphatic heterocycles. The Kier molecular flexibility index (Phi) is 10.0. The van der Waals surface area contributed by atoms with E-state index in [1.54, 1.807) is 27.3 Å². The molecule has 28 aromatic rings. The summed E-state index contributed by atoms with van der Waals surface area (Å²) in [6.45, 7) is 1.55. The lowest BCUT2D eigenvalue weighted by Gasteiger charge is -2.20. The van der Waals surface area contributed by atoms with Gasteiger partial charge in [-0.2, -0.15) is 0 Å². The van der Waals surface area contributed by atoms with E-state index in [4.69, 9.17) is 0 Å². The molecule has 568 valence electrons. The zero-order valence-corrected chi connectivity index (χ0v) is 68.4. The average molecular weight is 1600 g/mol. The van der Waals surface area contributed by atoms with E-state index in [-0.39, 0.29) is 0 Å². The van der Waals surface area contributed by atoms with Crippen molar-refractivity contribution in [3.8, 4) is 134 Å². The minimum atomic E-state index is 0.373. The first-order chi connectivity index (χ1) is 63.6. The zero-order chi connectivity index (χ0) is 81.2. The Bertz CT molecular complexity index is 10400. The summed E-state index contributed by atoms with van der Waals surface area (Å²) in [6.07, 6.45) is 0. The maximum Gasteiger partial charge on any atom is 0.249 e. The van der Waals surface area contributed by atoms with Crippen molar-refractivity contribution >= 4 is 245 Å². The number of nitrogens with zero attached hydrogens (tertiary/aromatic N) is 4. The molecule has 12 aliphatic rings. The Balaban J connectivity index is 0.0000000737. The molecular formula is C120H56B4N4. The molecule has 0 amide bonds. The second-order valence-electron chi connectivity index (χ2n) is 38.6. The fraction of sp³-hybridized carbons (Fsp3) is 0. The molecule has 0 atom stereocenters. The van der Waals surface area contributed by atoms with E-state index in [1.807, 2.05) is 0 Å². The van der Waals surface area contributed by atoms with Gasteiger partial charge in [-0.05, 0) is 195 Å². The molecule has 40 rings (SSSR count). The van der Waals surface area contributed by atoms with Crippen LogP contribution in [-0.4, -0.2) is 44.5 Å². The van der Waals surface area contributed by atoms with Crippen LogP contribution < -0.4 is 65.6 Å². The van der Waals surface area contributed by atoms with Crippen molar-refractivity contribution in [1.29, 1.82) is 0 Å². The Hall–Kier alpha value is -16.1. The minimum absolute atomic E-state index is 0.373.